The van der Waals surface area contributed by atoms with Gasteiger partial charge < -0.3 is 0 Å². The summed E-state index contributed by atoms with van der Waals surface area (Å²) in [6.07, 6.45) is 2.03. The lowest BCUT2D eigenvalue weighted by Crippen LogP contribution is -2.39. The number of nitrogens with one attached hydrogen (secondary N) is 1. The van der Waals surface area contributed by atoms with E-state index in [1.807, 2.05) is 36.4 Å². The third kappa shape index (κ3) is 2.66. The molecule has 0 fully saturated rings. The van der Waals surface area contributed by atoms with Crippen LogP contribution >= 0.6 is 0 Å². The van der Waals surface area contributed by atoms with Crippen LogP contribution in [0, 0.1) is 22.7 Å². The standard InChI is InChI=1S/C14H14N6/c1-17-14(10-16,12-5-3-2-4-6-12)7-8-20-11-18-13(9-15)19-20/h2-6,11,17H,7-8H2,1H3. The van der Waals surface area contributed by atoms with Crippen molar-refractivity contribution in [2.24, 2.45) is 0 Å². The van der Waals surface area contributed by atoms with Gasteiger partial charge in [-0.1, -0.05) is 30.3 Å². The van der Waals surface area contributed by atoms with Crippen molar-refractivity contribution in [3.8, 4) is 12.1 Å². The molecular weight excluding hydrogens is 252 g/mol. The van der Waals surface area contributed by atoms with Gasteiger partial charge in [0, 0.05) is 13.0 Å². The van der Waals surface area contributed by atoms with Gasteiger partial charge in [0.1, 0.15) is 17.9 Å². The first-order chi connectivity index (χ1) is 9.74. The van der Waals surface area contributed by atoms with Gasteiger partial charge in [-0.2, -0.15) is 10.5 Å². The van der Waals surface area contributed by atoms with Crippen molar-refractivity contribution in [3.05, 3.63) is 48.0 Å². The maximum atomic E-state index is 9.55. The molecule has 0 bridgehead atoms. The SMILES string of the molecule is CNC(C#N)(CCn1cnc(C#N)n1)c1ccccc1. The number of hydrogen-bond acceptors (Lipinski definition) is 5. The van der Waals surface area contributed by atoms with E-state index in [0.717, 1.165) is 5.56 Å². The van der Waals surface area contributed by atoms with Crippen LogP contribution in [-0.4, -0.2) is 21.8 Å². The van der Waals surface area contributed by atoms with Gasteiger partial charge in [0.2, 0.25) is 0 Å². The molecule has 1 aromatic carbocycles. The minimum absolute atomic E-state index is 0.136. The van der Waals surface area contributed by atoms with Crippen LogP contribution in [0.1, 0.15) is 17.8 Å². The summed E-state index contributed by atoms with van der Waals surface area (Å²) in [4.78, 5) is 3.85. The normalized spacial score (nSPS) is 13.2. The van der Waals surface area contributed by atoms with E-state index in [1.165, 1.54) is 6.33 Å². The second-order valence-corrected chi connectivity index (χ2v) is 4.33. The fourth-order valence-electron chi connectivity index (χ4n) is 2.05. The fraction of sp³-hybridized carbons (Fsp3) is 0.286. The Morgan fingerprint density at radius 2 is 2.05 bits per heavy atom. The molecule has 0 saturated heterocycles. The predicted octanol–water partition coefficient (Wildman–Crippen LogP) is 1.18. The van der Waals surface area contributed by atoms with Crippen molar-refractivity contribution in [1.82, 2.24) is 20.1 Å². The Bertz CT molecular complexity index is 648. The van der Waals surface area contributed by atoms with E-state index in [0.29, 0.717) is 13.0 Å². The summed E-state index contributed by atoms with van der Waals surface area (Å²) in [5.74, 6) is 0.136. The van der Waals surface area contributed by atoms with Crippen LogP contribution < -0.4 is 5.32 Å². The highest BCUT2D eigenvalue weighted by Gasteiger charge is 2.30. The molecule has 0 aliphatic rings. The molecule has 1 atom stereocenters. The number of aryl methyl sites for hydroxylation is 1. The van der Waals surface area contributed by atoms with Gasteiger partial charge in [0.15, 0.2) is 0 Å². The van der Waals surface area contributed by atoms with Gasteiger partial charge in [-0.25, -0.2) is 4.98 Å². The first kappa shape index (κ1) is 13.7. The van der Waals surface area contributed by atoms with Gasteiger partial charge in [0.05, 0.1) is 6.07 Å². The predicted molar refractivity (Wildman–Crippen MR) is 72.1 cm³/mol. The van der Waals surface area contributed by atoms with E-state index in [2.05, 4.69) is 21.5 Å². The average molecular weight is 266 g/mol. The van der Waals surface area contributed by atoms with Crippen LogP contribution in [0.25, 0.3) is 0 Å². The second-order valence-electron chi connectivity index (χ2n) is 4.33. The highest BCUT2D eigenvalue weighted by molar-refractivity contribution is 5.31. The van der Waals surface area contributed by atoms with Crippen LogP contribution in [0.2, 0.25) is 0 Å². The monoisotopic (exact) mass is 266 g/mol. The molecule has 6 heteroatoms. The van der Waals surface area contributed by atoms with Crippen LogP contribution in [-0.2, 0) is 12.1 Å². The zero-order valence-corrected chi connectivity index (χ0v) is 11.1. The molecule has 1 aromatic heterocycles. The molecule has 0 aliphatic heterocycles. The third-order valence-corrected chi connectivity index (χ3v) is 3.24. The minimum Gasteiger partial charge on any atom is -0.299 e. The van der Waals surface area contributed by atoms with Gasteiger partial charge >= 0.3 is 0 Å². The van der Waals surface area contributed by atoms with Gasteiger partial charge in [-0.05, 0) is 12.6 Å². The summed E-state index contributed by atoms with van der Waals surface area (Å²) < 4.78 is 1.57. The largest absolute Gasteiger partial charge is 0.299 e. The van der Waals surface area contributed by atoms with E-state index in [-0.39, 0.29) is 5.82 Å². The number of hydrogen-bond donors (Lipinski definition) is 1. The maximum absolute atomic E-state index is 9.55. The second kappa shape index (κ2) is 5.96. The molecule has 0 amide bonds. The number of nitrogens with zero attached hydrogens (tertiary/aromatic N) is 5. The molecule has 1 unspecified atom stereocenters. The zero-order valence-electron chi connectivity index (χ0n) is 11.1. The number of nitriles is 2. The maximum Gasteiger partial charge on any atom is 0.252 e. The van der Waals surface area contributed by atoms with Crippen molar-refractivity contribution >= 4 is 0 Å². The molecule has 2 rings (SSSR count). The van der Waals surface area contributed by atoms with Crippen molar-refractivity contribution in [2.75, 3.05) is 7.05 Å². The zero-order chi connectivity index (χ0) is 14.4. The molecule has 1 heterocycles. The molecule has 2 aromatic rings. The molecule has 0 aliphatic carbocycles. The summed E-state index contributed by atoms with van der Waals surface area (Å²) in [6, 6.07) is 13.8. The summed E-state index contributed by atoms with van der Waals surface area (Å²) in [5.41, 5.74) is 0.130. The topological polar surface area (TPSA) is 90.3 Å². The molecule has 6 nitrogen and oxygen atoms in total. The molecule has 1 N–H and O–H groups in total. The van der Waals surface area contributed by atoms with Crippen LogP contribution in [0.4, 0.5) is 0 Å². The van der Waals surface area contributed by atoms with E-state index >= 15 is 0 Å². The van der Waals surface area contributed by atoms with E-state index in [4.69, 9.17) is 5.26 Å². The molecule has 0 radical (unpaired) electrons. The lowest BCUT2D eigenvalue weighted by atomic mass is 9.88. The Kier molecular flexibility index (Phi) is 4.09. The number of benzene rings is 1. The van der Waals surface area contributed by atoms with Gasteiger partial charge in [-0.3, -0.25) is 10.00 Å². The van der Waals surface area contributed by atoms with Gasteiger partial charge in [-0.15, -0.1) is 5.10 Å². The quantitative estimate of drug-likeness (QED) is 0.877. The van der Waals surface area contributed by atoms with Crippen molar-refractivity contribution in [3.63, 3.8) is 0 Å². The Balaban J connectivity index is 2.18. The molecular formula is C14H14N6. The number of aromatic nitrogens is 3. The smallest absolute Gasteiger partial charge is 0.252 e. The summed E-state index contributed by atoms with van der Waals surface area (Å²) >= 11 is 0. The lowest BCUT2D eigenvalue weighted by Gasteiger charge is -2.26. The summed E-state index contributed by atoms with van der Waals surface area (Å²) in [5, 5.41) is 25.3. The first-order valence-corrected chi connectivity index (χ1v) is 6.19. The number of rotatable bonds is 5. The van der Waals surface area contributed by atoms with E-state index in [9.17, 15) is 5.26 Å². The summed E-state index contributed by atoms with van der Waals surface area (Å²) in [6.45, 7) is 0.498. The Morgan fingerprint density at radius 3 is 2.60 bits per heavy atom. The fourth-order valence-corrected chi connectivity index (χ4v) is 2.05. The Labute approximate surface area is 117 Å². The van der Waals surface area contributed by atoms with Crippen molar-refractivity contribution < 1.29 is 0 Å². The Morgan fingerprint density at radius 1 is 1.30 bits per heavy atom. The van der Waals surface area contributed by atoms with Gasteiger partial charge in [0.25, 0.3) is 5.82 Å². The lowest BCUT2D eigenvalue weighted by molar-refractivity contribution is 0.389. The van der Waals surface area contributed by atoms with Crippen LogP contribution in [0.15, 0.2) is 36.7 Å². The highest BCUT2D eigenvalue weighted by atomic mass is 15.3. The van der Waals surface area contributed by atoms with Crippen molar-refractivity contribution in [2.45, 2.75) is 18.5 Å². The van der Waals surface area contributed by atoms with Crippen LogP contribution in [0.5, 0.6) is 0 Å². The Hall–Kier alpha value is -2.70. The minimum atomic E-state index is -0.778. The van der Waals surface area contributed by atoms with E-state index < -0.39 is 5.54 Å². The first-order valence-electron chi connectivity index (χ1n) is 6.19. The average Bonchev–Trinajstić information content (AvgIpc) is 2.98. The molecule has 20 heavy (non-hydrogen) atoms. The molecule has 0 saturated carbocycles. The third-order valence-electron chi connectivity index (χ3n) is 3.24. The van der Waals surface area contributed by atoms with E-state index in [1.54, 1.807) is 11.7 Å². The summed E-state index contributed by atoms with van der Waals surface area (Å²) in [7, 11) is 1.76. The highest BCUT2D eigenvalue weighted by Crippen LogP contribution is 2.24. The van der Waals surface area contributed by atoms with Crippen LogP contribution in [0.3, 0.4) is 0 Å². The molecule has 0 spiro atoms. The van der Waals surface area contributed by atoms with Crippen molar-refractivity contribution in [1.29, 1.82) is 10.5 Å². The molecule has 100 valence electrons.